The molecular formula is C13H12ClF3N2O2. The maximum atomic E-state index is 12.0. The van der Waals surface area contributed by atoms with Gasteiger partial charge in [0.25, 0.3) is 0 Å². The number of carbonyl (C=O) groups excluding carboxylic acids is 1. The second-order valence-electron chi connectivity index (χ2n) is 4.51. The van der Waals surface area contributed by atoms with Crippen molar-refractivity contribution in [3.63, 3.8) is 0 Å². The number of hydrogen-bond donors (Lipinski definition) is 2. The molecule has 0 bridgehead atoms. The van der Waals surface area contributed by atoms with Crippen LogP contribution in [0.4, 0.5) is 13.2 Å². The lowest BCUT2D eigenvalue weighted by Gasteiger charge is -2.12. The number of aromatic amines is 1. The van der Waals surface area contributed by atoms with Gasteiger partial charge in [0.05, 0.1) is 10.5 Å². The molecule has 2 aromatic rings. The predicted molar refractivity (Wildman–Crippen MR) is 72.0 cm³/mol. The van der Waals surface area contributed by atoms with E-state index in [9.17, 15) is 18.0 Å². The van der Waals surface area contributed by atoms with Crippen molar-refractivity contribution in [2.24, 2.45) is 5.73 Å². The first kappa shape index (κ1) is 15.7. The average Bonchev–Trinajstić information content (AvgIpc) is 2.80. The topological polar surface area (TPSA) is 68.1 Å². The number of halogens is 4. The number of fused-ring (bicyclic) bond motifs is 1. The monoisotopic (exact) mass is 320 g/mol. The minimum Gasteiger partial charge on any atom is -0.455 e. The van der Waals surface area contributed by atoms with Crippen LogP contribution in [0.15, 0.2) is 24.4 Å². The molecular weight excluding hydrogens is 309 g/mol. The maximum Gasteiger partial charge on any atom is 0.422 e. The number of aromatic nitrogens is 1. The van der Waals surface area contributed by atoms with E-state index in [-0.39, 0.29) is 6.42 Å². The number of ether oxygens (including phenoxy) is 1. The Morgan fingerprint density at radius 1 is 1.43 bits per heavy atom. The normalized spacial score (nSPS) is 13.4. The molecule has 0 spiro atoms. The van der Waals surface area contributed by atoms with E-state index in [1.807, 2.05) is 0 Å². The van der Waals surface area contributed by atoms with E-state index in [4.69, 9.17) is 17.3 Å². The minimum absolute atomic E-state index is 0.0526. The third-order valence-electron chi connectivity index (χ3n) is 2.87. The highest BCUT2D eigenvalue weighted by atomic mass is 35.5. The molecule has 0 aliphatic rings. The first-order chi connectivity index (χ1) is 9.78. The van der Waals surface area contributed by atoms with E-state index in [1.54, 1.807) is 24.4 Å². The Balaban J connectivity index is 2.06. The quantitative estimate of drug-likeness (QED) is 0.851. The molecule has 1 aromatic carbocycles. The van der Waals surface area contributed by atoms with Crippen molar-refractivity contribution >= 4 is 28.5 Å². The van der Waals surface area contributed by atoms with Gasteiger partial charge >= 0.3 is 12.1 Å². The summed E-state index contributed by atoms with van der Waals surface area (Å²) in [5.41, 5.74) is 6.95. The van der Waals surface area contributed by atoms with E-state index in [2.05, 4.69) is 9.72 Å². The number of carbonyl (C=O) groups is 1. The Bertz CT molecular complexity index is 654. The van der Waals surface area contributed by atoms with Gasteiger partial charge in [-0.15, -0.1) is 0 Å². The van der Waals surface area contributed by atoms with E-state index >= 15 is 0 Å². The molecule has 114 valence electrons. The van der Waals surface area contributed by atoms with Gasteiger partial charge < -0.3 is 15.5 Å². The fourth-order valence-electron chi connectivity index (χ4n) is 1.92. The van der Waals surface area contributed by atoms with Crippen molar-refractivity contribution in [1.82, 2.24) is 4.98 Å². The number of nitrogens with two attached hydrogens (primary N) is 1. The van der Waals surface area contributed by atoms with Crippen LogP contribution in [0.3, 0.4) is 0 Å². The molecule has 0 amide bonds. The lowest BCUT2D eigenvalue weighted by molar-refractivity contribution is -0.187. The molecule has 0 aliphatic carbocycles. The van der Waals surface area contributed by atoms with Crippen LogP contribution in [0, 0.1) is 0 Å². The molecule has 0 fully saturated rings. The Morgan fingerprint density at radius 3 is 2.81 bits per heavy atom. The van der Waals surface area contributed by atoms with Crippen LogP contribution in [-0.4, -0.2) is 29.8 Å². The Hall–Kier alpha value is -1.73. The lowest BCUT2D eigenvalue weighted by Crippen LogP contribution is -2.36. The third-order valence-corrected chi connectivity index (χ3v) is 3.19. The molecule has 0 radical (unpaired) electrons. The molecule has 0 unspecified atom stereocenters. The summed E-state index contributed by atoms with van der Waals surface area (Å²) in [6.07, 6.45) is -2.89. The number of benzene rings is 1. The van der Waals surface area contributed by atoms with Crippen LogP contribution in [0.1, 0.15) is 5.56 Å². The second kappa shape index (κ2) is 5.95. The van der Waals surface area contributed by atoms with Crippen LogP contribution < -0.4 is 5.73 Å². The van der Waals surface area contributed by atoms with Gasteiger partial charge in [-0.05, 0) is 11.6 Å². The van der Waals surface area contributed by atoms with E-state index < -0.39 is 24.8 Å². The highest BCUT2D eigenvalue weighted by Gasteiger charge is 2.31. The first-order valence-corrected chi connectivity index (χ1v) is 6.39. The minimum atomic E-state index is -4.57. The number of alkyl halides is 3. The molecule has 3 N–H and O–H groups in total. The summed E-state index contributed by atoms with van der Waals surface area (Å²) in [6, 6.07) is 4.03. The van der Waals surface area contributed by atoms with Crippen LogP contribution in [0.5, 0.6) is 0 Å². The zero-order valence-corrected chi connectivity index (χ0v) is 11.5. The summed E-state index contributed by atoms with van der Waals surface area (Å²) in [6.45, 7) is -1.64. The van der Waals surface area contributed by atoms with Crippen LogP contribution >= 0.6 is 11.6 Å². The molecule has 8 heteroatoms. The third kappa shape index (κ3) is 3.89. The maximum absolute atomic E-state index is 12.0. The molecule has 0 aliphatic heterocycles. The van der Waals surface area contributed by atoms with Crippen LogP contribution in [0.25, 0.3) is 10.9 Å². The number of rotatable bonds is 4. The van der Waals surface area contributed by atoms with Crippen molar-refractivity contribution in [3.05, 3.63) is 35.0 Å². The molecule has 21 heavy (non-hydrogen) atoms. The number of esters is 1. The zero-order chi connectivity index (χ0) is 15.6. The van der Waals surface area contributed by atoms with Gasteiger partial charge in [0.2, 0.25) is 0 Å². The molecule has 4 nitrogen and oxygen atoms in total. The molecule has 1 atom stereocenters. The molecule has 1 aromatic heterocycles. The smallest absolute Gasteiger partial charge is 0.422 e. The van der Waals surface area contributed by atoms with Gasteiger partial charge in [0, 0.05) is 18.0 Å². The Kier molecular flexibility index (Phi) is 4.43. The summed E-state index contributed by atoms with van der Waals surface area (Å²) in [7, 11) is 0. The van der Waals surface area contributed by atoms with Crippen molar-refractivity contribution < 1.29 is 22.7 Å². The van der Waals surface area contributed by atoms with Crippen molar-refractivity contribution in [3.8, 4) is 0 Å². The molecule has 1 heterocycles. The van der Waals surface area contributed by atoms with E-state index in [1.165, 1.54) is 0 Å². The number of nitrogens with one attached hydrogen (secondary N) is 1. The van der Waals surface area contributed by atoms with Crippen LogP contribution in [-0.2, 0) is 16.0 Å². The van der Waals surface area contributed by atoms with Gasteiger partial charge in [-0.2, -0.15) is 13.2 Å². The summed E-state index contributed by atoms with van der Waals surface area (Å²) in [5, 5.41) is 1.27. The lowest BCUT2D eigenvalue weighted by atomic mass is 10.1. The molecule has 2 rings (SSSR count). The zero-order valence-electron chi connectivity index (χ0n) is 10.7. The highest BCUT2D eigenvalue weighted by Crippen LogP contribution is 2.26. The van der Waals surface area contributed by atoms with Gasteiger partial charge in [-0.3, -0.25) is 4.79 Å². The van der Waals surface area contributed by atoms with Crippen molar-refractivity contribution in [2.75, 3.05) is 6.61 Å². The summed E-state index contributed by atoms with van der Waals surface area (Å²) in [5.74, 6) is -1.09. The largest absolute Gasteiger partial charge is 0.455 e. The van der Waals surface area contributed by atoms with Gasteiger partial charge in [0.1, 0.15) is 6.04 Å². The predicted octanol–water partition coefficient (Wildman–Crippen LogP) is 2.80. The van der Waals surface area contributed by atoms with Crippen molar-refractivity contribution in [1.29, 1.82) is 0 Å². The summed E-state index contributed by atoms with van der Waals surface area (Å²) in [4.78, 5) is 14.4. The SMILES string of the molecule is N[C@@H](Cc1c[nH]c2c(Cl)cccc12)C(=O)OCC(F)(F)F. The van der Waals surface area contributed by atoms with Crippen molar-refractivity contribution in [2.45, 2.75) is 18.6 Å². The summed E-state index contributed by atoms with van der Waals surface area (Å²) >= 11 is 5.99. The molecule has 0 saturated heterocycles. The fourth-order valence-corrected chi connectivity index (χ4v) is 2.15. The average molecular weight is 321 g/mol. The van der Waals surface area contributed by atoms with Gasteiger partial charge in [-0.1, -0.05) is 23.7 Å². The Labute approximate surface area is 123 Å². The first-order valence-electron chi connectivity index (χ1n) is 6.01. The molecule has 0 saturated carbocycles. The fraction of sp³-hybridized carbons (Fsp3) is 0.308. The number of para-hydroxylation sites is 1. The van der Waals surface area contributed by atoms with Gasteiger partial charge in [-0.25, -0.2) is 0 Å². The van der Waals surface area contributed by atoms with Gasteiger partial charge in [0.15, 0.2) is 6.61 Å². The summed E-state index contributed by atoms with van der Waals surface area (Å²) < 4.78 is 40.0. The standard InChI is InChI=1S/C13H12ClF3N2O2/c14-9-3-1-2-8-7(5-19-11(8)9)4-10(18)12(20)21-6-13(15,16)17/h1-3,5,10,19H,4,6,18H2/t10-/m0/s1. The Morgan fingerprint density at radius 2 is 2.14 bits per heavy atom. The highest BCUT2D eigenvalue weighted by molar-refractivity contribution is 6.35. The van der Waals surface area contributed by atoms with E-state index in [0.29, 0.717) is 16.1 Å². The number of hydrogen-bond acceptors (Lipinski definition) is 3. The van der Waals surface area contributed by atoms with E-state index in [0.717, 1.165) is 5.39 Å². The second-order valence-corrected chi connectivity index (χ2v) is 4.92. The number of H-pyrrole nitrogens is 1. The van der Waals surface area contributed by atoms with Crippen LogP contribution in [0.2, 0.25) is 5.02 Å².